The fourth-order valence-electron chi connectivity index (χ4n) is 1.34. The number of hydrogen-bond acceptors (Lipinski definition) is 5. The third-order valence-electron chi connectivity index (χ3n) is 2.09. The van der Waals surface area contributed by atoms with Crippen molar-refractivity contribution in [2.24, 2.45) is 0 Å². The zero-order valence-electron chi connectivity index (χ0n) is 8.91. The first-order valence-corrected chi connectivity index (χ1v) is 7.18. The highest BCUT2D eigenvalue weighted by atomic mass is 35.7. The van der Waals surface area contributed by atoms with Crippen LogP contribution in [-0.4, -0.2) is 28.2 Å². The van der Waals surface area contributed by atoms with Crippen LogP contribution in [0.4, 0.5) is 0 Å². The molecule has 0 spiro atoms. The Labute approximate surface area is 103 Å². The standard InChI is InChI=1S/C9H9ClN4O2S/c1-7-8(6-17(10,15)16)5-14(13-7)9-11-3-2-4-12-9/h2-5H,6H2,1H3. The maximum Gasteiger partial charge on any atom is 0.250 e. The summed E-state index contributed by atoms with van der Waals surface area (Å²) in [6, 6.07) is 1.68. The highest BCUT2D eigenvalue weighted by Gasteiger charge is 2.14. The fourth-order valence-corrected chi connectivity index (χ4v) is 2.34. The molecule has 17 heavy (non-hydrogen) atoms. The van der Waals surface area contributed by atoms with Crippen LogP contribution in [0.15, 0.2) is 24.7 Å². The van der Waals surface area contributed by atoms with Crippen molar-refractivity contribution in [3.63, 3.8) is 0 Å². The molecule has 2 aromatic rings. The largest absolute Gasteiger partial charge is 0.250 e. The van der Waals surface area contributed by atoms with E-state index in [9.17, 15) is 8.42 Å². The molecule has 2 heterocycles. The van der Waals surface area contributed by atoms with Gasteiger partial charge >= 0.3 is 0 Å². The Balaban J connectivity index is 2.38. The number of nitrogens with zero attached hydrogens (tertiary/aromatic N) is 4. The average molecular weight is 273 g/mol. The molecule has 0 radical (unpaired) electrons. The zero-order chi connectivity index (χ0) is 12.5. The van der Waals surface area contributed by atoms with Crippen LogP contribution in [-0.2, 0) is 14.8 Å². The minimum Gasteiger partial charge on any atom is -0.220 e. The Kier molecular flexibility index (Phi) is 3.12. The monoisotopic (exact) mass is 272 g/mol. The van der Waals surface area contributed by atoms with Crippen LogP contribution in [0.2, 0.25) is 0 Å². The summed E-state index contributed by atoms with van der Waals surface area (Å²) in [7, 11) is 1.61. The molecule has 2 rings (SSSR count). The summed E-state index contributed by atoms with van der Waals surface area (Å²) < 4.78 is 23.4. The molecule has 0 saturated heterocycles. The summed E-state index contributed by atoms with van der Waals surface area (Å²) in [5.41, 5.74) is 1.12. The van der Waals surface area contributed by atoms with E-state index in [1.165, 1.54) is 4.68 Å². The molecule has 0 atom stereocenters. The Morgan fingerprint density at radius 2 is 2.00 bits per heavy atom. The molecule has 90 valence electrons. The first-order chi connectivity index (χ1) is 7.96. The molecule has 0 bridgehead atoms. The summed E-state index contributed by atoms with van der Waals surface area (Å²) in [5.74, 6) is 0.126. The smallest absolute Gasteiger partial charge is 0.220 e. The molecule has 0 unspecified atom stereocenters. The quantitative estimate of drug-likeness (QED) is 0.780. The number of aromatic nitrogens is 4. The predicted molar refractivity (Wildman–Crippen MR) is 62.4 cm³/mol. The predicted octanol–water partition coefficient (Wildman–Crippen LogP) is 1.04. The van der Waals surface area contributed by atoms with Crippen LogP contribution in [0, 0.1) is 6.92 Å². The Morgan fingerprint density at radius 1 is 1.35 bits per heavy atom. The van der Waals surface area contributed by atoms with Crippen LogP contribution in [0.5, 0.6) is 0 Å². The van der Waals surface area contributed by atoms with Gasteiger partial charge in [-0.25, -0.2) is 23.1 Å². The lowest BCUT2D eigenvalue weighted by molar-refractivity contribution is 0.608. The van der Waals surface area contributed by atoms with E-state index in [-0.39, 0.29) is 5.75 Å². The first kappa shape index (κ1) is 12.0. The Hall–Kier alpha value is -1.47. The third-order valence-corrected chi connectivity index (χ3v) is 3.07. The number of aryl methyl sites for hydroxylation is 1. The average Bonchev–Trinajstić information content (AvgIpc) is 2.59. The second kappa shape index (κ2) is 4.42. The SMILES string of the molecule is Cc1nn(-c2ncccn2)cc1CS(=O)(=O)Cl. The summed E-state index contributed by atoms with van der Waals surface area (Å²) >= 11 is 0. The molecule has 0 aliphatic carbocycles. The van der Waals surface area contributed by atoms with Crippen LogP contribution < -0.4 is 0 Å². The van der Waals surface area contributed by atoms with Gasteiger partial charge in [-0.3, -0.25) is 0 Å². The summed E-state index contributed by atoms with van der Waals surface area (Å²) in [6.45, 7) is 1.71. The van der Waals surface area contributed by atoms with Gasteiger partial charge in [0, 0.05) is 34.8 Å². The van der Waals surface area contributed by atoms with Gasteiger partial charge in [0.05, 0.1) is 11.4 Å². The highest BCUT2D eigenvalue weighted by Crippen LogP contribution is 2.14. The summed E-state index contributed by atoms with van der Waals surface area (Å²) in [6.07, 6.45) is 4.72. The van der Waals surface area contributed by atoms with E-state index in [1.54, 1.807) is 31.6 Å². The molecule has 6 nitrogen and oxygen atoms in total. The van der Waals surface area contributed by atoms with Crippen molar-refractivity contribution in [1.29, 1.82) is 0 Å². The normalized spacial score (nSPS) is 11.6. The van der Waals surface area contributed by atoms with E-state index in [1.807, 2.05) is 0 Å². The van der Waals surface area contributed by atoms with Gasteiger partial charge in [-0.05, 0) is 13.0 Å². The van der Waals surface area contributed by atoms with E-state index in [2.05, 4.69) is 15.1 Å². The lowest BCUT2D eigenvalue weighted by Crippen LogP contribution is -2.00. The third kappa shape index (κ3) is 3.01. The van der Waals surface area contributed by atoms with E-state index < -0.39 is 9.05 Å². The van der Waals surface area contributed by atoms with Gasteiger partial charge < -0.3 is 0 Å². The van der Waals surface area contributed by atoms with Crippen LogP contribution >= 0.6 is 10.7 Å². The lowest BCUT2D eigenvalue weighted by atomic mass is 10.3. The van der Waals surface area contributed by atoms with Crippen molar-refractivity contribution in [3.05, 3.63) is 35.9 Å². The second-order valence-electron chi connectivity index (χ2n) is 3.42. The summed E-state index contributed by atoms with van der Waals surface area (Å²) in [4.78, 5) is 8.01. The van der Waals surface area contributed by atoms with Gasteiger partial charge in [-0.1, -0.05) is 0 Å². The number of hydrogen-bond donors (Lipinski definition) is 0. The summed E-state index contributed by atoms with van der Waals surface area (Å²) in [5, 5.41) is 4.13. The minimum absolute atomic E-state index is 0.257. The minimum atomic E-state index is -3.59. The molecule has 0 aliphatic rings. The highest BCUT2D eigenvalue weighted by molar-refractivity contribution is 8.13. The fraction of sp³-hybridized carbons (Fsp3) is 0.222. The van der Waals surface area contributed by atoms with Gasteiger partial charge in [0.2, 0.25) is 15.0 Å². The molecule has 2 aromatic heterocycles. The molecule has 0 saturated carbocycles. The molecule has 0 fully saturated rings. The van der Waals surface area contributed by atoms with Crippen LogP contribution in [0.1, 0.15) is 11.3 Å². The number of rotatable bonds is 3. The Morgan fingerprint density at radius 3 is 2.59 bits per heavy atom. The van der Waals surface area contributed by atoms with Crippen molar-refractivity contribution < 1.29 is 8.42 Å². The first-order valence-electron chi connectivity index (χ1n) is 4.70. The second-order valence-corrected chi connectivity index (χ2v) is 6.19. The van der Waals surface area contributed by atoms with Crippen LogP contribution in [0.3, 0.4) is 0 Å². The molecule has 0 aliphatic heterocycles. The zero-order valence-corrected chi connectivity index (χ0v) is 10.5. The van der Waals surface area contributed by atoms with Gasteiger partial charge in [-0.15, -0.1) is 0 Å². The van der Waals surface area contributed by atoms with E-state index in [0.717, 1.165) is 0 Å². The Bertz CT molecular complexity index is 624. The van der Waals surface area contributed by atoms with Gasteiger partial charge in [0.15, 0.2) is 0 Å². The van der Waals surface area contributed by atoms with Crippen molar-refractivity contribution in [1.82, 2.24) is 19.7 Å². The van der Waals surface area contributed by atoms with Crippen molar-refractivity contribution >= 4 is 19.7 Å². The van der Waals surface area contributed by atoms with Crippen LogP contribution in [0.25, 0.3) is 5.95 Å². The molecule has 0 amide bonds. The van der Waals surface area contributed by atoms with E-state index in [4.69, 9.17) is 10.7 Å². The maximum atomic E-state index is 11.0. The van der Waals surface area contributed by atoms with Gasteiger partial charge in [0.1, 0.15) is 0 Å². The maximum absolute atomic E-state index is 11.0. The molecule has 8 heteroatoms. The molecular formula is C9H9ClN4O2S. The topological polar surface area (TPSA) is 77.7 Å². The van der Waals surface area contributed by atoms with Gasteiger partial charge in [0.25, 0.3) is 0 Å². The van der Waals surface area contributed by atoms with E-state index >= 15 is 0 Å². The molecule has 0 N–H and O–H groups in total. The van der Waals surface area contributed by atoms with Crippen molar-refractivity contribution in [2.75, 3.05) is 0 Å². The van der Waals surface area contributed by atoms with Crippen molar-refractivity contribution in [2.45, 2.75) is 12.7 Å². The van der Waals surface area contributed by atoms with Gasteiger partial charge in [-0.2, -0.15) is 5.10 Å². The van der Waals surface area contributed by atoms with E-state index in [0.29, 0.717) is 17.2 Å². The molecular weight excluding hydrogens is 264 g/mol. The van der Waals surface area contributed by atoms with Crippen molar-refractivity contribution in [3.8, 4) is 5.95 Å². The molecule has 0 aromatic carbocycles. The number of halogens is 1. The lowest BCUT2D eigenvalue weighted by Gasteiger charge is -1.96.